The second-order valence-electron chi connectivity index (χ2n) is 3.41. The molecule has 0 heterocycles. The van der Waals surface area contributed by atoms with Gasteiger partial charge in [0.2, 0.25) is 0 Å². The Labute approximate surface area is 69.2 Å². The highest BCUT2D eigenvalue weighted by molar-refractivity contribution is 4.73. The number of rotatable bonds is 4. The topological polar surface area (TPSA) is 40.5 Å². The number of aliphatic hydroxyl groups excluding tert-OH is 2. The third-order valence-electron chi connectivity index (χ3n) is 2.53. The van der Waals surface area contributed by atoms with E-state index >= 15 is 0 Å². The minimum Gasteiger partial charge on any atom is -0.393 e. The SMILES string of the molecule is CCC(C(C)O)C(C)C(C)O. The predicted octanol–water partition coefficient (Wildman–Crippen LogP) is 1.41. The molecule has 4 unspecified atom stereocenters. The van der Waals surface area contributed by atoms with Crippen LogP contribution in [0.15, 0.2) is 0 Å². The molecule has 0 bridgehead atoms. The number of aliphatic hydroxyl groups is 2. The Morgan fingerprint density at radius 1 is 1.00 bits per heavy atom. The Balaban J connectivity index is 4.02. The molecule has 11 heavy (non-hydrogen) atoms. The summed E-state index contributed by atoms with van der Waals surface area (Å²) >= 11 is 0. The van der Waals surface area contributed by atoms with Crippen molar-refractivity contribution < 1.29 is 10.2 Å². The second-order valence-corrected chi connectivity index (χ2v) is 3.41. The van der Waals surface area contributed by atoms with E-state index in [2.05, 4.69) is 0 Å². The van der Waals surface area contributed by atoms with Gasteiger partial charge in [-0.05, 0) is 25.7 Å². The minimum absolute atomic E-state index is 0.181. The summed E-state index contributed by atoms with van der Waals surface area (Å²) in [6, 6.07) is 0. The van der Waals surface area contributed by atoms with Crippen LogP contribution >= 0.6 is 0 Å². The first-order valence-corrected chi connectivity index (χ1v) is 4.36. The smallest absolute Gasteiger partial charge is 0.0543 e. The summed E-state index contributed by atoms with van der Waals surface area (Å²) in [5.41, 5.74) is 0. The molecule has 4 atom stereocenters. The van der Waals surface area contributed by atoms with Gasteiger partial charge in [-0.25, -0.2) is 0 Å². The van der Waals surface area contributed by atoms with Crippen LogP contribution in [0.5, 0.6) is 0 Å². The lowest BCUT2D eigenvalue weighted by atomic mass is 9.84. The average Bonchev–Trinajstić information content (AvgIpc) is 1.88. The first-order valence-electron chi connectivity index (χ1n) is 4.36. The molecule has 2 nitrogen and oxygen atoms in total. The van der Waals surface area contributed by atoms with Crippen molar-refractivity contribution in [3.63, 3.8) is 0 Å². The number of hydrogen-bond acceptors (Lipinski definition) is 2. The standard InChI is InChI=1S/C9H20O2/c1-5-9(8(4)11)6(2)7(3)10/h6-11H,5H2,1-4H3. The summed E-state index contributed by atoms with van der Waals surface area (Å²) in [4.78, 5) is 0. The van der Waals surface area contributed by atoms with Gasteiger partial charge >= 0.3 is 0 Å². The third-order valence-corrected chi connectivity index (χ3v) is 2.53. The molecule has 0 aromatic carbocycles. The van der Waals surface area contributed by atoms with E-state index < -0.39 is 0 Å². The van der Waals surface area contributed by atoms with Crippen LogP contribution in [0.25, 0.3) is 0 Å². The predicted molar refractivity (Wildman–Crippen MR) is 46.3 cm³/mol. The average molecular weight is 160 g/mol. The Morgan fingerprint density at radius 3 is 1.55 bits per heavy atom. The fourth-order valence-electron chi connectivity index (χ4n) is 1.51. The van der Waals surface area contributed by atoms with Gasteiger partial charge in [-0.1, -0.05) is 20.3 Å². The molecule has 0 saturated carbocycles. The molecule has 68 valence electrons. The molecule has 0 saturated heterocycles. The van der Waals surface area contributed by atoms with Gasteiger partial charge in [-0.3, -0.25) is 0 Å². The maximum Gasteiger partial charge on any atom is 0.0543 e. The monoisotopic (exact) mass is 160 g/mol. The first-order chi connectivity index (χ1) is 5.00. The zero-order valence-electron chi connectivity index (χ0n) is 7.91. The Bertz CT molecular complexity index is 99.7. The summed E-state index contributed by atoms with van der Waals surface area (Å²) < 4.78 is 0. The summed E-state index contributed by atoms with van der Waals surface area (Å²) in [5, 5.41) is 18.6. The van der Waals surface area contributed by atoms with E-state index in [0.29, 0.717) is 0 Å². The van der Waals surface area contributed by atoms with E-state index in [1.807, 2.05) is 13.8 Å². The molecule has 0 aliphatic heterocycles. The van der Waals surface area contributed by atoms with Crippen molar-refractivity contribution in [2.24, 2.45) is 11.8 Å². The van der Waals surface area contributed by atoms with E-state index in [9.17, 15) is 10.2 Å². The summed E-state index contributed by atoms with van der Waals surface area (Å²) in [5.74, 6) is 0.398. The molecule has 0 amide bonds. The molecular weight excluding hydrogens is 140 g/mol. The Hall–Kier alpha value is -0.0800. The van der Waals surface area contributed by atoms with Crippen molar-refractivity contribution in [3.05, 3.63) is 0 Å². The molecule has 0 spiro atoms. The normalized spacial score (nSPS) is 22.4. The molecule has 2 heteroatoms. The minimum atomic E-state index is -0.324. The molecule has 0 fully saturated rings. The van der Waals surface area contributed by atoms with Crippen molar-refractivity contribution >= 4 is 0 Å². The lowest BCUT2D eigenvalue weighted by Gasteiger charge is -2.27. The van der Waals surface area contributed by atoms with Crippen LogP contribution in [-0.4, -0.2) is 22.4 Å². The molecule has 2 N–H and O–H groups in total. The maximum atomic E-state index is 9.32. The largest absolute Gasteiger partial charge is 0.393 e. The molecule has 0 aliphatic rings. The fraction of sp³-hybridized carbons (Fsp3) is 1.00. The van der Waals surface area contributed by atoms with Gasteiger partial charge in [0.25, 0.3) is 0 Å². The van der Waals surface area contributed by atoms with Gasteiger partial charge in [-0.2, -0.15) is 0 Å². The highest BCUT2D eigenvalue weighted by atomic mass is 16.3. The van der Waals surface area contributed by atoms with E-state index in [1.54, 1.807) is 13.8 Å². The van der Waals surface area contributed by atoms with Crippen LogP contribution in [0.3, 0.4) is 0 Å². The van der Waals surface area contributed by atoms with Crippen LogP contribution < -0.4 is 0 Å². The fourth-order valence-corrected chi connectivity index (χ4v) is 1.51. The van der Waals surface area contributed by atoms with Gasteiger partial charge in [0.1, 0.15) is 0 Å². The number of hydrogen-bond donors (Lipinski definition) is 2. The van der Waals surface area contributed by atoms with E-state index in [1.165, 1.54) is 0 Å². The van der Waals surface area contributed by atoms with E-state index in [-0.39, 0.29) is 24.0 Å². The van der Waals surface area contributed by atoms with Crippen LogP contribution in [0.2, 0.25) is 0 Å². The molecule has 0 aromatic rings. The lowest BCUT2D eigenvalue weighted by molar-refractivity contribution is 0.0292. The van der Waals surface area contributed by atoms with Crippen molar-refractivity contribution in [2.45, 2.75) is 46.3 Å². The third kappa shape index (κ3) is 3.21. The van der Waals surface area contributed by atoms with Crippen molar-refractivity contribution in [1.29, 1.82) is 0 Å². The quantitative estimate of drug-likeness (QED) is 0.653. The molecule has 0 radical (unpaired) electrons. The van der Waals surface area contributed by atoms with E-state index in [0.717, 1.165) is 6.42 Å². The Morgan fingerprint density at radius 2 is 1.45 bits per heavy atom. The molecule has 0 aromatic heterocycles. The van der Waals surface area contributed by atoms with Gasteiger partial charge in [-0.15, -0.1) is 0 Å². The first kappa shape index (κ1) is 10.9. The zero-order valence-corrected chi connectivity index (χ0v) is 7.91. The van der Waals surface area contributed by atoms with Gasteiger partial charge < -0.3 is 10.2 Å². The maximum absolute atomic E-state index is 9.32. The van der Waals surface area contributed by atoms with Gasteiger partial charge in [0.15, 0.2) is 0 Å². The highest BCUT2D eigenvalue weighted by Gasteiger charge is 2.23. The summed E-state index contributed by atoms with van der Waals surface area (Å²) in [6.07, 6.45) is 0.281. The van der Waals surface area contributed by atoms with Crippen molar-refractivity contribution in [2.75, 3.05) is 0 Å². The summed E-state index contributed by atoms with van der Waals surface area (Å²) in [7, 11) is 0. The molecule has 0 rings (SSSR count). The van der Waals surface area contributed by atoms with Crippen LogP contribution in [0, 0.1) is 11.8 Å². The lowest BCUT2D eigenvalue weighted by Crippen LogP contribution is -2.30. The van der Waals surface area contributed by atoms with Crippen LogP contribution in [0.4, 0.5) is 0 Å². The van der Waals surface area contributed by atoms with Gasteiger partial charge in [0.05, 0.1) is 12.2 Å². The van der Waals surface area contributed by atoms with Gasteiger partial charge in [0, 0.05) is 0 Å². The molecule has 0 aliphatic carbocycles. The highest BCUT2D eigenvalue weighted by Crippen LogP contribution is 2.22. The summed E-state index contributed by atoms with van der Waals surface area (Å²) in [6.45, 7) is 7.57. The van der Waals surface area contributed by atoms with Crippen LogP contribution in [-0.2, 0) is 0 Å². The second kappa shape index (κ2) is 4.73. The Kier molecular flexibility index (Phi) is 4.69. The zero-order chi connectivity index (χ0) is 9.02. The van der Waals surface area contributed by atoms with E-state index in [4.69, 9.17) is 0 Å². The molecular formula is C9H20O2. The van der Waals surface area contributed by atoms with Crippen molar-refractivity contribution in [3.8, 4) is 0 Å². The van der Waals surface area contributed by atoms with Crippen LogP contribution in [0.1, 0.15) is 34.1 Å². The van der Waals surface area contributed by atoms with Crippen molar-refractivity contribution in [1.82, 2.24) is 0 Å².